The Morgan fingerprint density at radius 3 is 2.58 bits per heavy atom. The molecular formula is C11H17N. The van der Waals surface area contributed by atoms with Crippen LogP contribution in [0.2, 0.25) is 0 Å². The number of hydrogen-bond donors (Lipinski definition) is 1. The Balaban J connectivity index is 2.59. The molecule has 1 rings (SSSR count). The van der Waals surface area contributed by atoms with Crippen molar-refractivity contribution in [1.29, 1.82) is 0 Å². The zero-order valence-corrected chi connectivity index (χ0v) is 7.45. The zero-order valence-electron chi connectivity index (χ0n) is 7.45. The van der Waals surface area contributed by atoms with Crippen LogP contribution in [0.15, 0.2) is 37.5 Å². The van der Waals surface area contributed by atoms with Crippen molar-refractivity contribution < 1.29 is 0 Å². The van der Waals surface area contributed by atoms with Gasteiger partial charge in [-0.25, -0.2) is 0 Å². The summed E-state index contributed by atoms with van der Waals surface area (Å²) in [4.78, 5) is 0. The van der Waals surface area contributed by atoms with Crippen molar-refractivity contribution >= 4 is 0 Å². The predicted octanol–water partition coefficient (Wildman–Crippen LogP) is 2.27. The highest BCUT2D eigenvalue weighted by molar-refractivity contribution is 5.08. The third kappa shape index (κ3) is 1.86. The normalized spacial score (nSPS) is 35.6. The maximum atomic E-state index is 5.92. The molecule has 66 valence electrons. The number of nitrogens with two attached hydrogens (primary N) is 1. The summed E-state index contributed by atoms with van der Waals surface area (Å²) in [5.41, 5.74) is 5.92. The number of rotatable bonds is 3. The van der Waals surface area contributed by atoms with Gasteiger partial charge >= 0.3 is 0 Å². The van der Waals surface area contributed by atoms with E-state index >= 15 is 0 Å². The molecule has 1 heteroatoms. The average molecular weight is 163 g/mol. The Morgan fingerprint density at radius 1 is 1.25 bits per heavy atom. The molecule has 1 aliphatic carbocycles. The van der Waals surface area contributed by atoms with Crippen LogP contribution >= 0.6 is 0 Å². The number of allylic oxidation sites excluding steroid dienone is 3. The Labute approximate surface area is 74.7 Å². The van der Waals surface area contributed by atoms with Crippen molar-refractivity contribution in [3.05, 3.63) is 37.5 Å². The summed E-state index contributed by atoms with van der Waals surface area (Å²) >= 11 is 0. The molecular weight excluding hydrogens is 146 g/mol. The fraction of sp³-hybridized carbons (Fsp3) is 0.455. The highest BCUT2D eigenvalue weighted by Gasteiger charge is 2.29. The summed E-state index contributed by atoms with van der Waals surface area (Å²) in [6.45, 7) is 7.46. The molecule has 0 bridgehead atoms. The molecule has 3 atom stereocenters. The van der Waals surface area contributed by atoms with E-state index in [1.165, 1.54) is 6.42 Å². The van der Waals surface area contributed by atoms with Crippen LogP contribution in [0.25, 0.3) is 0 Å². The summed E-state index contributed by atoms with van der Waals surface area (Å²) < 4.78 is 0. The van der Waals surface area contributed by atoms with E-state index in [-0.39, 0.29) is 0 Å². The van der Waals surface area contributed by atoms with Gasteiger partial charge in [0, 0.05) is 6.04 Å². The van der Waals surface area contributed by atoms with Crippen molar-refractivity contribution in [2.24, 2.45) is 17.6 Å². The first kappa shape index (κ1) is 9.27. The van der Waals surface area contributed by atoms with Crippen LogP contribution in [0.5, 0.6) is 0 Å². The summed E-state index contributed by atoms with van der Waals surface area (Å²) in [7, 11) is 0. The molecule has 1 fully saturated rings. The Morgan fingerprint density at radius 2 is 2.00 bits per heavy atom. The van der Waals surface area contributed by atoms with Gasteiger partial charge in [0.25, 0.3) is 0 Å². The second-order valence-corrected chi connectivity index (χ2v) is 3.34. The number of hydrogen-bond acceptors (Lipinski definition) is 1. The minimum Gasteiger partial charge on any atom is -0.327 e. The van der Waals surface area contributed by atoms with Crippen LogP contribution in [0.3, 0.4) is 0 Å². The lowest BCUT2D eigenvalue weighted by atomic mass is 9.94. The van der Waals surface area contributed by atoms with Gasteiger partial charge in [-0.15, -0.1) is 6.58 Å². The van der Waals surface area contributed by atoms with Crippen LogP contribution in [0.1, 0.15) is 12.8 Å². The fourth-order valence-corrected chi connectivity index (χ4v) is 1.88. The van der Waals surface area contributed by atoms with E-state index in [0.29, 0.717) is 17.9 Å². The monoisotopic (exact) mass is 163 g/mol. The van der Waals surface area contributed by atoms with E-state index in [4.69, 9.17) is 5.73 Å². The van der Waals surface area contributed by atoms with Gasteiger partial charge in [0.15, 0.2) is 0 Å². The molecule has 1 aliphatic rings. The minimum absolute atomic E-state index is 0.307. The second-order valence-electron chi connectivity index (χ2n) is 3.34. The molecule has 0 radical (unpaired) electrons. The first-order valence-corrected chi connectivity index (χ1v) is 4.47. The Kier molecular flexibility index (Phi) is 3.30. The van der Waals surface area contributed by atoms with Crippen LogP contribution in [0.4, 0.5) is 0 Å². The minimum atomic E-state index is 0.307. The molecule has 0 aliphatic heterocycles. The van der Waals surface area contributed by atoms with Gasteiger partial charge in [-0.1, -0.05) is 30.9 Å². The third-order valence-corrected chi connectivity index (χ3v) is 2.59. The first-order valence-electron chi connectivity index (χ1n) is 4.47. The second kappa shape index (κ2) is 4.27. The molecule has 1 nitrogen and oxygen atoms in total. The quantitative estimate of drug-likeness (QED) is 0.501. The smallest absolute Gasteiger partial charge is 0.0108 e. The molecule has 0 spiro atoms. The maximum Gasteiger partial charge on any atom is 0.0108 e. The molecule has 0 amide bonds. The van der Waals surface area contributed by atoms with E-state index in [2.05, 4.69) is 19.2 Å². The van der Waals surface area contributed by atoms with E-state index < -0.39 is 0 Å². The van der Waals surface area contributed by atoms with E-state index in [1.54, 1.807) is 0 Å². The Hall–Kier alpha value is -0.820. The van der Waals surface area contributed by atoms with Crippen molar-refractivity contribution in [3.63, 3.8) is 0 Å². The van der Waals surface area contributed by atoms with Crippen LogP contribution in [-0.4, -0.2) is 6.04 Å². The molecule has 0 aromatic carbocycles. The van der Waals surface area contributed by atoms with Gasteiger partial charge < -0.3 is 5.73 Å². The van der Waals surface area contributed by atoms with Crippen molar-refractivity contribution in [2.75, 3.05) is 0 Å². The van der Waals surface area contributed by atoms with Gasteiger partial charge in [0.1, 0.15) is 0 Å². The average Bonchev–Trinajstić information content (AvgIpc) is 2.43. The van der Waals surface area contributed by atoms with Gasteiger partial charge in [0.05, 0.1) is 0 Å². The molecule has 0 aromatic rings. The van der Waals surface area contributed by atoms with E-state index in [0.717, 1.165) is 6.42 Å². The van der Waals surface area contributed by atoms with Crippen molar-refractivity contribution in [2.45, 2.75) is 18.9 Å². The fourth-order valence-electron chi connectivity index (χ4n) is 1.88. The molecule has 2 unspecified atom stereocenters. The van der Waals surface area contributed by atoms with Gasteiger partial charge in [-0.2, -0.15) is 0 Å². The Bertz CT molecular complexity index is 193. The van der Waals surface area contributed by atoms with Crippen molar-refractivity contribution in [3.8, 4) is 0 Å². The summed E-state index contributed by atoms with van der Waals surface area (Å²) in [6.07, 6.45) is 10.3. The third-order valence-electron chi connectivity index (χ3n) is 2.59. The zero-order chi connectivity index (χ0) is 8.97. The van der Waals surface area contributed by atoms with Gasteiger partial charge in [0.2, 0.25) is 0 Å². The maximum absolute atomic E-state index is 5.92. The summed E-state index contributed by atoms with van der Waals surface area (Å²) in [5.74, 6) is 1.04. The van der Waals surface area contributed by atoms with Crippen LogP contribution < -0.4 is 5.73 Å². The topological polar surface area (TPSA) is 26.0 Å². The van der Waals surface area contributed by atoms with Crippen molar-refractivity contribution in [1.82, 2.24) is 0 Å². The van der Waals surface area contributed by atoms with Crippen LogP contribution in [-0.2, 0) is 0 Å². The van der Waals surface area contributed by atoms with Crippen LogP contribution in [0, 0.1) is 11.8 Å². The highest BCUT2D eigenvalue weighted by atomic mass is 14.7. The molecule has 2 N–H and O–H groups in total. The standard InChI is InChI=1S/C11H17N/c1-3-5-6-9-7-8-11(12)10(9)4-2/h3-6,9-11H,1-2,7-8,12H2/b6-5+/t9?,10?,11-/m0/s1. The lowest BCUT2D eigenvalue weighted by Crippen LogP contribution is -2.25. The van der Waals surface area contributed by atoms with Gasteiger partial charge in [-0.3, -0.25) is 0 Å². The summed E-state index contributed by atoms with van der Waals surface area (Å²) in [5, 5.41) is 0. The lowest BCUT2D eigenvalue weighted by molar-refractivity contribution is 0.510. The first-order chi connectivity index (χ1) is 5.79. The van der Waals surface area contributed by atoms with Gasteiger partial charge in [-0.05, 0) is 24.7 Å². The molecule has 0 aromatic heterocycles. The molecule has 0 saturated heterocycles. The van der Waals surface area contributed by atoms with E-state index in [1.807, 2.05) is 18.2 Å². The SMILES string of the molecule is C=C/C=C/C1CC[C@H](N)C1C=C. The predicted molar refractivity (Wildman–Crippen MR) is 53.7 cm³/mol. The van der Waals surface area contributed by atoms with E-state index in [9.17, 15) is 0 Å². The molecule has 0 heterocycles. The molecule has 12 heavy (non-hydrogen) atoms. The molecule has 1 saturated carbocycles. The summed E-state index contributed by atoms with van der Waals surface area (Å²) in [6, 6.07) is 0.307. The highest BCUT2D eigenvalue weighted by Crippen LogP contribution is 2.32. The lowest BCUT2D eigenvalue weighted by Gasteiger charge is -2.14. The largest absolute Gasteiger partial charge is 0.327 e.